The largest absolute Gasteiger partial charge is 0.459 e. The zero-order chi connectivity index (χ0) is 14.7. The summed E-state index contributed by atoms with van der Waals surface area (Å²) >= 11 is 1.51. The highest BCUT2D eigenvalue weighted by Gasteiger charge is 2.16. The minimum atomic E-state index is -0.242. The third kappa shape index (κ3) is 3.00. The Labute approximate surface area is 125 Å². The number of carbonyl (C=O) groups is 1. The molecule has 0 aliphatic heterocycles. The molecule has 0 spiro atoms. The Morgan fingerprint density at radius 2 is 2.14 bits per heavy atom. The Hall–Kier alpha value is -2.47. The number of rotatable bonds is 4. The lowest BCUT2D eigenvalue weighted by atomic mass is 10.2. The number of furan rings is 1. The summed E-state index contributed by atoms with van der Waals surface area (Å²) in [4.78, 5) is 20.5. The van der Waals surface area contributed by atoms with Gasteiger partial charge in [0.05, 0.1) is 18.0 Å². The van der Waals surface area contributed by atoms with Crippen molar-refractivity contribution in [1.29, 1.82) is 0 Å². The van der Waals surface area contributed by atoms with Crippen molar-refractivity contribution in [3.8, 4) is 11.3 Å². The number of pyridine rings is 1. The van der Waals surface area contributed by atoms with E-state index < -0.39 is 0 Å². The molecule has 0 saturated carbocycles. The molecule has 6 heteroatoms. The van der Waals surface area contributed by atoms with Gasteiger partial charge in [-0.2, -0.15) is 0 Å². The van der Waals surface area contributed by atoms with E-state index in [-0.39, 0.29) is 11.9 Å². The fraction of sp³-hybridized carbons (Fsp3) is 0.133. The van der Waals surface area contributed by atoms with Gasteiger partial charge < -0.3 is 9.73 Å². The summed E-state index contributed by atoms with van der Waals surface area (Å²) in [5.41, 5.74) is 1.90. The maximum absolute atomic E-state index is 11.9. The lowest BCUT2D eigenvalue weighted by molar-refractivity contribution is 0.0912. The van der Waals surface area contributed by atoms with Crippen LogP contribution in [0.2, 0.25) is 0 Å². The molecule has 0 saturated heterocycles. The van der Waals surface area contributed by atoms with Gasteiger partial charge in [-0.25, -0.2) is 4.98 Å². The molecule has 1 atom stereocenters. The van der Waals surface area contributed by atoms with Crippen LogP contribution in [-0.4, -0.2) is 15.9 Å². The molecular formula is C15H13N3O2S. The fourth-order valence-corrected chi connectivity index (χ4v) is 2.71. The minimum Gasteiger partial charge on any atom is -0.459 e. The topological polar surface area (TPSA) is 68.0 Å². The van der Waals surface area contributed by atoms with Gasteiger partial charge in [-0.05, 0) is 31.2 Å². The molecular weight excluding hydrogens is 286 g/mol. The van der Waals surface area contributed by atoms with Crippen LogP contribution in [0.4, 0.5) is 0 Å². The molecule has 3 heterocycles. The maximum Gasteiger partial charge on any atom is 0.287 e. The van der Waals surface area contributed by atoms with Gasteiger partial charge in [-0.15, -0.1) is 11.3 Å². The molecule has 0 unspecified atom stereocenters. The first-order valence-electron chi connectivity index (χ1n) is 6.44. The van der Waals surface area contributed by atoms with Crippen LogP contribution in [0.15, 0.2) is 52.7 Å². The van der Waals surface area contributed by atoms with Gasteiger partial charge in [0.1, 0.15) is 5.01 Å². The van der Waals surface area contributed by atoms with Crippen molar-refractivity contribution in [3.63, 3.8) is 0 Å². The standard InChI is InChI=1S/C15H13N3O2S/c1-10(17-14(19)13-3-2-8-20-13)15-18-12(9-21-15)11-4-6-16-7-5-11/h2-10H,1H3,(H,17,19)/t10-/m0/s1. The number of hydrogen-bond acceptors (Lipinski definition) is 5. The number of thiazole rings is 1. The van der Waals surface area contributed by atoms with Crippen LogP contribution >= 0.6 is 11.3 Å². The van der Waals surface area contributed by atoms with Crippen LogP contribution in [0.1, 0.15) is 28.5 Å². The van der Waals surface area contributed by atoms with Gasteiger partial charge in [0.25, 0.3) is 5.91 Å². The van der Waals surface area contributed by atoms with Crippen LogP contribution in [0.5, 0.6) is 0 Å². The molecule has 3 aromatic heterocycles. The number of amides is 1. The SMILES string of the molecule is C[C@H](NC(=O)c1ccco1)c1nc(-c2ccncc2)cs1. The zero-order valence-electron chi connectivity index (χ0n) is 11.3. The van der Waals surface area contributed by atoms with E-state index in [1.54, 1.807) is 24.5 Å². The summed E-state index contributed by atoms with van der Waals surface area (Å²) in [5, 5.41) is 5.69. The Kier molecular flexibility index (Phi) is 3.79. The van der Waals surface area contributed by atoms with E-state index in [4.69, 9.17) is 4.42 Å². The third-order valence-corrected chi connectivity index (χ3v) is 3.99. The van der Waals surface area contributed by atoms with Crippen molar-refractivity contribution in [3.05, 3.63) is 59.1 Å². The molecule has 106 valence electrons. The average molecular weight is 299 g/mol. The predicted octanol–water partition coefficient (Wildman–Crippen LogP) is 3.29. The highest BCUT2D eigenvalue weighted by molar-refractivity contribution is 7.10. The van der Waals surface area contributed by atoms with Crippen molar-refractivity contribution in [2.75, 3.05) is 0 Å². The molecule has 0 fully saturated rings. The molecule has 3 rings (SSSR count). The van der Waals surface area contributed by atoms with Crippen molar-refractivity contribution in [2.45, 2.75) is 13.0 Å². The van der Waals surface area contributed by atoms with E-state index in [1.807, 2.05) is 24.4 Å². The highest BCUT2D eigenvalue weighted by Crippen LogP contribution is 2.25. The molecule has 21 heavy (non-hydrogen) atoms. The first-order chi connectivity index (χ1) is 10.2. The van der Waals surface area contributed by atoms with Gasteiger partial charge in [-0.3, -0.25) is 9.78 Å². The van der Waals surface area contributed by atoms with E-state index in [2.05, 4.69) is 15.3 Å². The molecule has 0 aliphatic carbocycles. The lowest BCUT2D eigenvalue weighted by Crippen LogP contribution is -2.26. The number of carbonyl (C=O) groups excluding carboxylic acids is 1. The highest BCUT2D eigenvalue weighted by atomic mass is 32.1. The van der Waals surface area contributed by atoms with Crippen molar-refractivity contribution >= 4 is 17.2 Å². The normalized spacial score (nSPS) is 12.0. The molecule has 0 aliphatic rings. The second-order valence-corrected chi connectivity index (χ2v) is 5.37. The molecule has 0 bridgehead atoms. The first kappa shape index (κ1) is 13.5. The van der Waals surface area contributed by atoms with Gasteiger partial charge >= 0.3 is 0 Å². The Balaban J connectivity index is 1.73. The van der Waals surface area contributed by atoms with Crippen molar-refractivity contribution < 1.29 is 9.21 Å². The Bertz CT molecular complexity index is 722. The molecule has 0 aromatic carbocycles. The molecule has 5 nitrogen and oxygen atoms in total. The predicted molar refractivity (Wildman–Crippen MR) is 79.9 cm³/mol. The van der Waals surface area contributed by atoms with E-state index in [0.717, 1.165) is 16.3 Å². The number of nitrogens with zero attached hydrogens (tertiary/aromatic N) is 2. The average Bonchev–Trinajstić information content (AvgIpc) is 3.20. The van der Waals surface area contributed by atoms with Crippen LogP contribution in [0, 0.1) is 0 Å². The number of aromatic nitrogens is 2. The van der Waals surface area contributed by atoms with E-state index in [1.165, 1.54) is 17.6 Å². The van der Waals surface area contributed by atoms with E-state index in [9.17, 15) is 4.79 Å². The first-order valence-corrected chi connectivity index (χ1v) is 7.32. The summed E-state index contributed by atoms with van der Waals surface area (Å²) < 4.78 is 5.07. The second kappa shape index (κ2) is 5.88. The van der Waals surface area contributed by atoms with Gasteiger partial charge in [0.15, 0.2) is 5.76 Å². The van der Waals surface area contributed by atoms with Gasteiger partial charge in [-0.1, -0.05) is 0 Å². The number of nitrogens with one attached hydrogen (secondary N) is 1. The summed E-state index contributed by atoms with van der Waals surface area (Å²) in [5.74, 6) is 0.0564. The molecule has 3 aromatic rings. The Morgan fingerprint density at radius 3 is 2.86 bits per heavy atom. The zero-order valence-corrected chi connectivity index (χ0v) is 12.1. The lowest BCUT2D eigenvalue weighted by Gasteiger charge is -2.09. The monoisotopic (exact) mass is 299 g/mol. The third-order valence-electron chi connectivity index (χ3n) is 2.96. The van der Waals surface area contributed by atoms with Crippen LogP contribution in [0.3, 0.4) is 0 Å². The summed E-state index contributed by atoms with van der Waals surface area (Å²) in [6.07, 6.45) is 4.94. The molecule has 0 radical (unpaired) electrons. The summed E-state index contributed by atoms with van der Waals surface area (Å²) in [6, 6.07) is 6.95. The maximum atomic E-state index is 11.9. The minimum absolute atomic E-state index is 0.178. The Morgan fingerprint density at radius 1 is 1.33 bits per heavy atom. The van der Waals surface area contributed by atoms with Crippen LogP contribution in [0.25, 0.3) is 11.3 Å². The summed E-state index contributed by atoms with van der Waals surface area (Å²) in [6.45, 7) is 1.90. The fourth-order valence-electron chi connectivity index (χ4n) is 1.88. The van der Waals surface area contributed by atoms with Crippen molar-refractivity contribution in [1.82, 2.24) is 15.3 Å². The molecule has 1 amide bonds. The van der Waals surface area contributed by atoms with Gasteiger partial charge in [0, 0.05) is 23.3 Å². The quantitative estimate of drug-likeness (QED) is 0.802. The summed E-state index contributed by atoms with van der Waals surface area (Å²) in [7, 11) is 0. The van der Waals surface area contributed by atoms with Gasteiger partial charge in [0.2, 0.25) is 0 Å². The van der Waals surface area contributed by atoms with E-state index >= 15 is 0 Å². The van der Waals surface area contributed by atoms with Crippen molar-refractivity contribution in [2.24, 2.45) is 0 Å². The smallest absolute Gasteiger partial charge is 0.287 e. The van der Waals surface area contributed by atoms with Crippen LogP contribution in [-0.2, 0) is 0 Å². The second-order valence-electron chi connectivity index (χ2n) is 4.48. The van der Waals surface area contributed by atoms with Crippen LogP contribution < -0.4 is 5.32 Å². The van der Waals surface area contributed by atoms with E-state index in [0.29, 0.717) is 5.76 Å². The number of hydrogen-bond donors (Lipinski definition) is 1. The molecule has 1 N–H and O–H groups in total.